The third kappa shape index (κ3) is 6.87. The number of carbonyl (C=O) groups is 1. The summed E-state index contributed by atoms with van der Waals surface area (Å²) in [5, 5.41) is 0. The van der Waals surface area contributed by atoms with Gasteiger partial charge in [0.1, 0.15) is 0 Å². The molecule has 1 atom stereocenters. The van der Waals surface area contributed by atoms with Crippen LogP contribution in [-0.4, -0.2) is 37.8 Å². The highest BCUT2D eigenvalue weighted by atomic mass is 32.2. The lowest BCUT2D eigenvalue weighted by Crippen LogP contribution is -2.47. The second-order valence-corrected chi connectivity index (χ2v) is 6.46. The summed E-state index contributed by atoms with van der Waals surface area (Å²) in [6.07, 6.45) is -0.189. The van der Waals surface area contributed by atoms with E-state index in [1.54, 1.807) is 20.8 Å². The van der Waals surface area contributed by atoms with Crippen LogP contribution in [-0.2, 0) is 19.6 Å². The van der Waals surface area contributed by atoms with Crippen LogP contribution in [0, 0.1) is 5.92 Å². The van der Waals surface area contributed by atoms with Crippen LogP contribution in [0.5, 0.6) is 0 Å². The van der Waals surface area contributed by atoms with Gasteiger partial charge < -0.3 is 10.5 Å². The Bertz CT molecular complexity index is 393. The number of hydrogen-bond donors (Lipinski definition) is 2. The maximum absolute atomic E-state index is 11.7. The van der Waals surface area contributed by atoms with E-state index in [0.29, 0.717) is 0 Å². The zero-order valence-electron chi connectivity index (χ0n) is 10.8. The third-order valence-corrected chi connectivity index (χ3v) is 3.77. The Kier molecular flexibility index (Phi) is 7.34. The van der Waals surface area contributed by atoms with E-state index in [-0.39, 0.29) is 29.7 Å². The molecular weight excluding hydrogens is 276 g/mol. The molecule has 0 heterocycles. The van der Waals surface area contributed by atoms with Crippen molar-refractivity contribution in [1.82, 2.24) is 4.72 Å². The van der Waals surface area contributed by atoms with Crippen molar-refractivity contribution in [3.05, 3.63) is 0 Å². The van der Waals surface area contributed by atoms with E-state index in [2.05, 4.69) is 9.46 Å². The lowest BCUT2D eigenvalue weighted by atomic mass is 10.1. The minimum absolute atomic E-state index is 0.0557. The predicted octanol–water partition coefficient (Wildman–Crippen LogP) is 0.170. The normalized spacial score (nSPS) is 13.3. The van der Waals surface area contributed by atoms with Crippen molar-refractivity contribution in [2.24, 2.45) is 11.7 Å². The topological polar surface area (TPSA) is 98.5 Å². The Morgan fingerprint density at radius 3 is 2.39 bits per heavy atom. The smallest absolute Gasteiger partial charge is 0.306 e. The van der Waals surface area contributed by atoms with Gasteiger partial charge >= 0.3 is 5.97 Å². The zero-order chi connectivity index (χ0) is 14.3. The van der Waals surface area contributed by atoms with Crippen LogP contribution in [0.25, 0.3) is 0 Å². The second kappa shape index (κ2) is 7.65. The molecule has 0 aromatic carbocycles. The largest absolute Gasteiger partial charge is 0.466 e. The van der Waals surface area contributed by atoms with Gasteiger partial charge in [0, 0.05) is 0 Å². The molecule has 0 saturated carbocycles. The highest BCUT2D eigenvalue weighted by Gasteiger charge is 2.23. The van der Waals surface area contributed by atoms with Gasteiger partial charge in [0.2, 0.25) is 10.0 Å². The first kappa shape index (κ1) is 17.3. The number of rotatable bonds is 8. The first-order valence-electron chi connectivity index (χ1n) is 5.64. The molecule has 106 valence electrons. The number of carbonyl (C=O) groups excluding carboxylic acids is 1. The average molecular weight is 296 g/mol. The molecule has 0 aliphatic heterocycles. The minimum Gasteiger partial charge on any atom is -0.466 e. The van der Waals surface area contributed by atoms with Gasteiger partial charge in [-0.25, -0.2) is 13.1 Å². The number of ether oxygens (including phenoxy) is 1. The Labute approximate surface area is 113 Å². The van der Waals surface area contributed by atoms with Crippen LogP contribution in [0.4, 0.5) is 0 Å². The first-order chi connectivity index (χ1) is 8.19. The van der Waals surface area contributed by atoms with Crippen molar-refractivity contribution in [2.45, 2.75) is 33.2 Å². The van der Waals surface area contributed by atoms with E-state index in [4.69, 9.17) is 18.0 Å². The van der Waals surface area contributed by atoms with Gasteiger partial charge in [-0.2, -0.15) is 0 Å². The fourth-order valence-electron chi connectivity index (χ4n) is 1.23. The molecule has 0 amide bonds. The van der Waals surface area contributed by atoms with E-state index >= 15 is 0 Å². The highest BCUT2D eigenvalue weighted by molar-refractivity contribution is 7.89. The molecule has 0 saturated heterocycles. The summed E-state index contributed by atoms with van der Waals surface area (Å²) in [6, 6.07) is -0.604. The quantitative estimate of drug-likeness (QED) is 0.489. The van der Waals surface area contributed by atoms with Crippen molar-refractivity contribution in [3.63, 3.8) is 0 Å². The molecule has 1 unspecified atom stereocenters. The molecule has 0 aromatic heterocycles. The number of nitrogens with two attached hydrogens (primary N) is 1. The van der Waals surface area contributed by atoms with Gasteiger partial charge in [0.25, 0.3) is 0 Å². The van der Waals surface area contributed by atoms with Crippen molar-refractivity contribution in [1.29, 1.82) is 0 Å². The molecular formula is C10H20N2O4S2. The van der Waals surface area contributed by atoms with Crippen LogP contribution in [0.15, 0.2) is 0 Å². The number of sulfonamides is 1. The first-order valence-corrected chi connectivity index (χ1v) is 7.70. The molecule has 0 radical (unpaired) electrons. The maximum atomic E-state index is 11.7. The van der Waals surface area contributed by atoms with Crippen molar-refractivity contribution in [3.8, 4) is 0 Å². The van der Waals surface area contributed by atoms with Crippen LogP contribution >= 0.6 is 12.2 Å². The zero-order valence-corrected chi connectivity index (χ0v) is 12.4. The highest BCUT2D eigenvalue weighted by Crippen LogP contribution is 2.05. The number of hydrogen-bond acceptors (Lipinski definition) is 5. The van der Waals surface area contributed by atoms with E-state index in [1.165, 1.54) is 0 Å². The molecule has 3 N–H and O–H groups in total. The molecule has 0 spiro atoms. The predicted molar refractivity (Wildman–Crippen MR) is 73.6 cm³/mol. The summed E-state index contributed by atoms with van der Waals surface area (Å²) in [5.74, 6) is -0.934. The van der Waals surface area contributed by atoms with E-state index < -0.39 is 22.0 Å². The SMILES string of the molecule is CCOC(=O)CCS(=O)(=O)NC(C(N)=S)C(C)C. The molecule has 0 bridgehead atoms. The van der Waals surface area contributed by atoms with Crippen LogP contribution in [0.3, 0.4) is 0 Å². The van der Waals surface area contributed by atoms with E-state index in [9.17, 15) is 13.2 Å². The molecule has 0 rings (SSSR count). The fraction of sp³-hybridized carbons (Fsp3) is 0.800. The van der Waals surface area contributed by atoms with Gasteiger partial charge in [-0.05, 0) is 12.8 Å². The summed E-state index contributed by atoms with van der Waals surface area (Å²) in [4.78, 5) is 11.2. The number of thiocarbonyl (C=S) groups is 1. The molecule has 8 heteroatoms. The number of esters is 1. The van der Waals surface area contributed by atoms with Crippen molar-refractivity contribution in [2.75, 3.05) is 12.4 Å². The van der Waals surface area contributed by atoms with Crippen molar-refractivity contribution < 1.29 is 17.9 Å². The van der Waals surface area contributed by atoms with E-state index in [0.717, 1.165) is 0 Å². The molecule has 18 heavy (non-hydrogen) atoms. The third-order valence-electron chi connectivity index (χ3n) is 2.16. The summed E-state index contributed by atoms with van der Waals surface area (Å²) in [7, 11) is -3.60. The van der Waals surface area contributed by atoms with Gasteiger partial charge in [-0.1, -0.05) is 26.1 Å². The minimum atomic E-state index is -3.60. The average Bonchev–Trinajstić information content (AvgIpc) is 2.23. The maximum Gasteiger partial charge on any atom is 0.306 e. The number of nitrogens with one attached hydrogen (secondary N) is 1. The fourth-order valence-corrected chi connectivity index (χ4v) is 2.97. The van der Waals surface area contributed by atoms with Crippen LogP contribution in [0.2, 0.25) is 0 Å². The monoisotopic (exact) mass is 296 g/mol. The summed E-state index contributed by atoms with van der Waals surface area (Å²) in [5.41, 5.74) is 5.46. The Morgan fingerprint density at radius 2 is 2.00 bits per heavy atom. The van der Waals surface area contributed by atoms with Gasteiger partial charge in [-0.3, -0.25) is 4.79 Å². The molecule has 0 fully saturated rings. The standard InChI is InChI=1S/C10H20N2O4S2/c1-4-16-8(13)5-6-18(14,15)12-9(7(2)3)10(11)17/h7,9,12H,4-6H2,1-3H3,(H2,11,17). The summed E-state index contributed by atoms with van der Waals surface area (Å²) in [6.45, 7) is 5.50. The van der Waals surface area contributed by atoms with Crippen LogP contribution in [0.1, 0.15) is 27.2 Å². The molecule has 0 aromatic rings. The van der Waals surface area contributed by atoms with Crippen molar-refractivity contribution >= 4 is 33.2 Å². The Morgan fingerprint density at radius 1 is 1.44 bits per heavy atom. The Balaban J connectivity index is 4.46. The molecule has 0 aliphatic carbocycles. The van der Waals surface area contributed by atoms with Gasteiger partial charge in [-0.15, -0.1) is 0 Å². The molecule has 0 aliphatic rings. The Hall–Kier alpha value is -0.730. The lowest BCUT2D eigenvalue weighted by molar-refractivity contribution is -0.142. The molecule has 6 nitrogen and oxygen atoms in total. The lowest BCUT2D eigenvalue weighted by Gasteiger charge is -2.20. The van der Waals surface area contributed by atoms with Crippen LogP contribution < -0.4 is 10.5 Å². The van der Waals surface area contributed by atoms with E-state index in [1.807, 2.05) is 0 Å². The van der Waals surface area contributed by atoms with Gasteiger partial charge in [0.05, 0.1) is 29.8 Å². The summed E-state index contributed by atoms with van der Waals surface area (Å²) < 4.78 is 30.5. The van der Waals surface area contributed by atoms with Gasteiger partial charge in [0.15, 0.2) is 0 Å². The second-order valence-electron chi connectivity index (χ2n) is 4.12. The summed E-state index contributed by atoms with van der Waals surface area (Å²) >= 11 is 4.80.